The summed E-state index contributed by atoms with van der Waals surface area (Å²) in [6.07, 6.45) is 0. The molecule has 0 saturated carbocycles. The Morgan fingerprint density at radius 2 is 1.37 bits per heavy atom. The molecule has 0 aliphatic carbocycles. The van der Waals surface area contributed by atoms with Crippen LogP contribution in [0.1, 0.15) is 27.6 Å². The van der Waals surface area contributed by atoms with Crippen molar-refractivity contribution in [3.8, 4) is 11.5 Å². The predicted molar refractivity (Wildman–Crippen MR) is 115 cm³/mol. The number of carbonyl (C=O) groups excluding carboxylic acids is 3. The Bertz CT molecular complexity index is 930. The third-order valence-corrected chi connectivity index (χ3v) is 4.21. The van der Waals surface area contributed by atoms with Crippen LogP contribution in [-0.4, -0.2) is 52.1 Å². The lowest BCUT2D eigenvalue weighted by molar-refractivity contribution is -0.115. The summed E-state index contributed by atoms with van der Waals surface area (Å²) < 4.78 is 10.4. The van der Waals surface area contributed by atoms with E-state index in [2.05, 4.69) is 21.3 Å². The van der Waals surface area contributed by atoms with Crippen LogP contribution in [0.2, 0.25) is 0 Å². The maximum atomic E-state index is 12.5. The number of nitrogens with one attached hydrogen (secondary N) is 4. The Morgan fingerprint density at radius 3 is 1.90 bits per heavy atom. The van der Waals surface area contributed by atoms with Gasteiger partial charge >= 0.3 is 0 Å². The fourth-order valence-electron chi connectivity index (χ4n) is 2.72. The lowest BCUT2D eigenvalue weighted by Crippen LogP contribution is -2.33. The normalized spacial score (nSPS) is 10.0. The second-order valence-electron chi connectivity index (χ2n) is 6.17. The summed E-state index contributed by atoms with van der Waals surface area (Å²) >= 11 is 0. The molecule has 9 nitrogen and oxygen atoms in total. The molecule has 0 aromatic heterocycles. The highest BCUT2D eigenvalue weighted by atomic mass is 16.5. The van der Waals surface area contributed by atoms with Crippen molar-refractivity contribution in [1.29, 1.82) is 0 Å². The number of hydrogen-bond donors (Lipinski definition) is 4. The van der Waals surface area contributed by atoms with E-state index in [1.54, 1.807) is 44.3 Å². The lowest BCUT2D eigenvalue weighted by atomic mass is 10.1. The lowest BCUT2D eigenvalue weighted by Gasteiger charge is -2.13. The summed E-state index contributed by atoms with van der Waals surface area (Å²) in [4.78, 5) is 36.9. The number of amides is 3. The van der Waals surface area contributed by atoms with Gasteiger partial charge in [-0.1, -0.05) is 0 Å². The minimum absolute atomic E-state index is 0.256. The maximum absolute atomic E-state index is 12.5. The van der Waals surface area contributed by atoms with Gasteiger partial charge in [-0.15, -0.1) is 0 Å². The highest BCUT2D eigenvalue weighted by Crippen LogP contribution is 2.23. The van der Waals surface area contributed by atoms with Gasteiger partial charge in [-0.05, 0) is 43.3 Å². The Balaban J connectivity index is 2.05. The highest BCUT2D eigenvalue weighted by Gasteiger charge is 2.16. The van der Waals surface area contributed by atoms with Crippen molar-refractivity contribution in [3.63, 3.8) is 0 Å². The number of carbonyl (C=O) groups is 3. The van der Waals surface area contributed by atoms with Crippen LogP contribution >= 0.6 is 0 Å². The first-order chi connectivity index (χ1) is 14.4. The van der Waals surface area contributed by atoms with Gasteiger partial charge in [-0.3, -0.25) is 14.4 Å². The Labute approximate surface area is 175 Å². The largest absolute Gasteiger partial charge is 0.496 e. The second kappa shape index (κ2) is 10.7. The Hall–Kier alpha value is -3.75. The molecule has 0 bridgehead atoms. The monoisotopic (exact) mass is 414 g/mol. The van der Waals surface area contributed by atoms with Gasteiger partial charge < -0.3 is 30.7 Å². The fraction of sp³-hybridized carbons (Fsp3) is 0.286. The van der Waals surface area contributed by atoms with Gasteiger partial charge in [0.1, 0.15) is 11.5 Å². The molecule has 0 radical (unpaired) electrons. The first kappa shape index (κ1) is 22.5. The molecule has 2 aromatic rings. The van der Waals surface area contributed by atoms with Gasteiger partial charge in [0.15, 0.2) is 0 Å². The summed E-state index contributed by atoms with van der Waals surface area (Å²) in [5, 5.41) is 10.9. The minimum Gasteiger partial charge on any atom is -0.496 e. The zero-order chi connectivity index (χ0) is 22.1. The molecule has 4 N–H and O–H groups in total. The molecular formula is C21H26N4O5. The molecule has 0 aliphatic heterocycles. The van der Waals surface area contributed by atoms with E-state index < -0.39 is 11.8 Å². The third kappa shape index (κ3) is 5.63. The van der Waals surface area contributed by atoms with Crippen molar-refractivity contribution in [1.82, 2.24) is 10.6 Å². The molecule has 0 fully saturated rings. The Kier molecular flexibility index (Phi) is 8.04. The van der Waals surface area contributed by atoms with Crippen LogP contribution in [0, 0.1) is 0 Å². The van der Waals surface area contributed by atoms with Crippen molar-refractivity contribution >= 4 is 29.1 Å². The third-order valence-electron chi connectivity index (χ3n) is 4.21. The van der Waals surface area contributed by atoms with Gasteiger partial charge in [0.2, 0.25) is 5.91 Å². The zero-order valence-corrected chi connectivity index (χ0v) is 17.4. The van der Waals surface area contributed by atoms with E-state index >= 15 is 0 Å². The molecule has 0 unspecified atom stereocenters. The molecule has 30 heavy (non-hydrogen) atoms. The molecule has 0 atom stereocenters. The van der Waals surface area contributed by atoms with Crippen molar-refractivity contribution < 1.29 is 23.9 Å². The number of benzene rings is 2. The van der Waals surface area contributed by atoms with E-state index in [1.165, 1.54) is 20.3 Å². The van der Waals surface area contributed by atoms with Crippen LogP contribution in [0.5, 0.6) is 11.5 Å². The van der Waals surface area contributed by atoms with E-state index in [-0.39, 0.29) is 12.5 Å². The summed E-state index contributed by atoms with van der Waals surface area (Å²) in [7, 11) is 4.66. The first-order valence-electron chi connectivity index (χ1n) is 9.33. The number of anilines is 2. The number of ether oxygens (including phenoxy) is 2. The number of rotatable bonds is 9. The molecule has 2 rings (SSSR count). The molecule has 0 spiro atoms. The minimum atomic E-state index is -0.447. The average molecular weight is 414 g/mol. The SMILES string of the molecule is CCNC(=O)c1cc(NC(=O)CNC(=O)c2cc(NC)ccc2OC)ccc1OC. The smallest absolute Gasteiger partial charge is 0.255 e. The summed E-state index contributed by atoms with van der Waals surface area (Å²) in [5.41, 5.74) is 1.75. The van der Waals surface area contributed by atoms with E-state index in [4.69, 9.17) is 9.47 Å². The molecule has 160 valence electrons. The molecule has 2 aromatic carbocycles. The quantitative estimate of drug-likeness (QED) is 0.498. The van der Waals surface area contributed by atoms with Crippen LogP contribution in [-0.2, 0) is 4.79 Å². The van der Waals surface area contributed by atoms with Crippen molar-refractivity contribution in [2.24, 2.45) is 0 Å². The predicted octanol–water partition coefficient (Wildman–Crippen LogP) is 1.86. The van der Waals surface area contributed by atoms with Crippen LogP contribution in [0.15, 0.2) is 36.4 Å². The van der Waals surface area contributed by atoms with Crippen molar-refractivity contribution in [2.75, 3.05) is 45.0 Å². The standard InChI is InChI=1S/C21H26N4O5/c1-5-23-20(27)16-11-14(7-9-18(16)30-4)25-19(26)12-24-21(28)15-10-13(22-2)6-8-17(15)29-3/h6-11,22H,5,12H2,1-4H3,(H,23,27)(H,24,28)(H,25,26). The van der Waals surface area contributed by atoms with Crippen LogP contribution < -0.4 is 30.7 Å². The van der Waals surface area contributed by atoms with Crippen LogP contribution in [0.25, 0.3) is 0 Å². The van der Waals surface area contributed by atoms with Crippen LogP contribution in [0.4, 0.5) is 11.4 Å². The highest BCUT2D eigenvalue weighted by molar-refractivity contribution is 6.02. The van der Waals surface area contributed by atoms with Gasteiger partial charge in [0.25, 0.3) is 11.8 Å². The van der Waals surface area contributed by atoms with Crippen molar-refractivity contribution in [3.05, 3.63) is 47.5 Å². The van der Waals surface area contributed by atoms with Gasteiger partial charge in [-0.25, -0.2) is 0 Å². The average Bonchev–Trinajstić information content (AvgIpc) is 2.77. The Morgan fingerprint density at radius 1 is 0.833 bits per heavy atom. The van der Waals surface area contributed by atoms with Gasteiger partial charge in [-0.2, -0.15) is 0 Å². The maximum Gasteiger partial charge on any atom is 0.255 e. The summed E-state index contributed by atoms with van der Waals surface area (Å²) in [5.74, 6) is -0.413. The second-order valence-corrected chi connectivity index (χ2v) is 6.17. The fourth-order valence-corrected chi connectivity index (χ4v) is 2.72. The van der Waals surface area contributed by atoms with Gasteiger partial charge in [0, 0.05) is 25.0 Å². The van der Waals surface area contributed by atoms with Crippen molar-refractivity contribution in [2.45, 2.75) is 6.92 Å². The summed E-state index contributed by atoms with van der Waals surface area (Å²) in [6, 6.07) is 9.80. The summed E-state index contributed by atoms with van der Waals surface area (Å²) in [6.45, 7) is 2.01. The van der Waals surface area contributed by atoms with Crippen LogP contribution in [0.3, 0.4) is 0 Å². The van der Waals surface area contributed by atoms with E-state index in [0.29, 0.717) is 34.9 Å². The first-order valence-corrected chi connectivity index (χ1v) is 9.33. The molecule has 9 heteroatoms. The van der Waals surface area contributed by atoms with Gasteiger partial charge in [0.05, 0.1) is 31.9 Å². The molecule has 0 saturated heterocycles. The van der Waals surface area contributed by atoms with E-state index in [1.807, 2.05) is 0 Å². The number of hydrogen-bond acceptors (Lipinski definition) is 6. The number of methoxy groups -OCH3 is 2. The molecule has 0 heterocycles. The molecule has 3 amide bonds. The molecular weight excluding hydrogens is 388 g/mol. The molecule has 0 aliphatic rings. The topological polar surface area (TPSA) is 118 Å². The zero-order valence-electron chi connectivity index (χ0n) is 17.4. The van der Waals surface area contributed by atoms with E-state index in [0.717, 1.165) is 5.69 Å². The van der Waals surface area contributed by atoms with E-state index in [9.17, 15) is 14.4 Å².